The van der Waals surface area contributed by atoms with Crippen molar-refractivity contribution in [2.24, 2.45) is 5.92 Å². The minimum atomic E-state index is -0.155. The number of aliphatic hydroxyl groups is 1. The fourth-order valence-electron chi connectivity index (χ4n) is 2.60. The van der Waals surface area contributed by atoms with Gasteiger partial charge in [-0.1, -0.05) is 18.8 Å². The molecule has 0 spiro atoms. The SMILES string of the molecule is CCC1OCCC1C(=O)Nc1ccc(C#CCO)c(C)c1. The normalized spacial score (nSPS) is 20.7. The predicted molar refractivity (Wildman–Crippen MR) is 81.9 cm³/mol. The van der Waals surface area contributed by atoms with Crippen molar-refractivity contribution in [1.29, 1.82) is 0 Å². The van der Waals surface area contributed by atoms with Crippen LogP contribution < -0.4 is 5.32 Å². The van der Waals surface area contributed by atoms with Gasteiger partial charge in [-0.15, -0.1) is 0 Å². The van der Waals surface area contributed by atoms with Crippen LogP contribution >= 0.6 is 0 Å². The van der Waals surface area contributed by atoms with E-state index in [9.17, 15) is 4.79 Å². The molecule has 2 rings (SSSR count). The van der Waals surface area contributed by atoms with Gasteiger partial charge in [0.15, 0.2) is 0 Å². The highest BCUT2D eigenvalue weighted by atomic mass is 16.5. The Balaban J connectivity index is 2.06. The lowest BCUT2D eigenvalue weighted by Crippen LogP contribution is -2.29. The highest BCUT2D eigenvalue weighted by Crippen LogP contribution is 2.25. The van der Waals surface area contributed by atoms with E-state index in [1.165, 1.54) is 0 Å². The van der Waals surface area contributed by atoms with Crippen molar-refractivity contribution in [3.63, 3.8) is 0 Å². The van der Waals surface area contributed by atoms with Crippen LogP contribution in [0.4, 0.5) is 5.69 Å². The van der Waals surface area contributed by atoms with Gasteiger partial charge in [0.2, 0.25) is 5.91 Å². The summed E-state index contributed by atoms with van der Waals surface area (Å²) < 4.78 is 5.56. The van der Waals surface area contributed by atoms with Crippen LogP contribution in [-0.4, -0.2) is 30.3 Å². The first-order chi connectivity index (χ1) is 10.2. The predicted octanol–water partition coefficient (Wildman–Crippen LogP) is 2.09. The summed E-state index contributed by atoms with van der Waals surface area (Å²) in [6, 6.07) is 5.59. The van der Waals surface area contributed by atoms with Crippen LogP contribution in [0.5, 0.6) is 0 Å². The number of hydrogen-bond acceptors (Lipinski definition) is 3. The van der Waals surface area contributed by atoms with Crippen LogP contribution in [0.15, 0.2) is 18.2 Å². The number of amides is 1. The Morgan fingerprint density at radius 3 is 3.00 bits per heavy atom. The molecule has 1 aliphatic heterocycles. The molecule has 0 aromatic heterocycles. The standard InChI is InChI=1S/C17H21NO3/c1-3-16-15(8-10-21-16)17(20)18-14-7-6-13(5-4-9-19)12(2)11-14/h6-7,11,15-16,19H,3,8-10H2,1-2H3,(H,18,20). The van der Waals surface area contributed by atoms with Gasteiger partial charge in [-0.2, -0.15) is 0 Å². The van der Waals surface area contributed by atoms with E-state index in [-0.39, 0.29) is 24.5 Å². The maximum atomic E-state index is 12.3. The molecule has 0 bridgehead atoms. The van der Waals surface area contributed by atoms with Gasteiger partial charge >= 0.3 is 0 Å². The molecule has 1 aromatic carbocycles. The van der Waals surface area contributed by atoms with Crippen molar-refractivity contribution in [3.05, 3.63) is 29.3 Å². The summed E-state index contributed by atoms with van der Waals surface area (Å²) in [4.78, 5) is 12.3. The van der Waals surface area contributed by atoms with E-state index in [0.29, 0.717) is 6.61 Å². The Morgan fingerprint density at radius 2 is 2.33 bits per heavy atom. The summed E-state index contributed by atoms with van der Waals surface area (Å²) in [5.41, 5.74) is 2.61. The first kappa shape index (κ1) is 15.6. The van der Waals surface area contributed by atoms with Gasteiger partial charge in [0, 0.05) is 17.9 Å². The second-order valence-corrected chi connectivity index (χ2v) is 5.19. The van der Waals surface area contributed by atoms with E-state index >= 15 is 0 Å². The lowest BCUT2D eigenvalue weighted by Gasteiger charge is -2.16. The van der Waals surface area contributed by atoms with E-state index in [4.69, 9.17) is 9.84 Å². The van der Waals surface area contributed by atoms with Crippen molar-refractivity contribution in [3.8, 4) is 11.8 Å². The molecule has 2 N–H and O–H groups in total. The van der Waals surface area contributed by atoms with Crippen molar-refractivity contribution >= 4 is 11.6 Å². The first-order valence-corrected chi connectivity index (χ1v) is 7.28. The van der Waals surface area contributed by atoms with Crippen LogP contribution in [0, 0.1) is 24.7 Å². The minimum Gasteiger partial charge on any atom is -0.384 e. The summed E-state index contributed by atoms with van der Waals surface area (Å²) in [5, 5.41) is 11.7. The Kier molecular flexibility index (Phi) is 5.38. The quantitative estimate of drug-likeness (QED) is 0.837. The van der Waals surface area contributed by atoms with Crippen LogP contribution in [0.1, 0.15) is 30.9 Å². The number of anilines is 1. The lowest BCUT2D eigenvalue weighted by atomic mass is 9.98. The van der Waals surface area contributed by atoms with Gasteiger partial charge in [-0.3, -0.25) is 4.79 Å². The third kappa shape index (κ3) is 3.84. The molecule has 2 atom stereocenters. The van der Waals surface area contributed by atoms with E-state index < -0.39 is 0 Å². The molecular formula is C17H21NO3. The molecule has 0 aliphatic carbocycles. The number of hydrogen-bond donors (Lipinski definition) is 2. The number of benzene rings is 1. The van der Waals surface area contributed by atoms with Crippen molar-refractivity contribution in [1.82, 2.24) is 0 Å². The zero-order valence-electron chi connectivity index (χ0n) is 12.5. The Bertz CT molecular complexity index is 571. The molecule has 2 unspecified atom stereocenters. The number of aryl methyl sites for hydroxylation is 1. The van der Waals surface area contributed by atoms with Crippen molar-refractivity contribution in [2.75, 3.05) is 18.5 Å². The fraction of sp³-hybridized carbons (Fsp3) is 0.471. The van der Waals surface area contributed by atoms with Gasteiger partial charge in [0.1, 0.15) is 6.61 Å². The molecule has 1 aromatic rings. The smallest absolute Gasteiger partial charge is 0.230 e. The van der Waals surface area contributed by atoms with Gasteiger partial charge in [0.25, 0.3) is 0 Å². The molecule has 4 nitrogen and oxygen atoms in total. The summed E-state index contributed by atoms with van der Waals surface area (Å²) >= 11 is 0. The van der Waals surface area contributed by atoms with Crippen molar-refractivity contribution < 1.29 is 14.6 Å². The number of ether oxygens (including phenoxy) is 1. The molecule has 4 heteroatoms. The maximum Gasteiger partial charge on any atom is 0.230 e. The monoisotopic (exact) mass is 287 g/mol. The maximum absolute atomic E-state index is 12.3. The summed E-state index contributed by atoms with van der Waals surface area (Å²) in [6.07, 6.45) is 1.66. The molecule has 112 valence electrons. The van der Waals surface area contributed by atoms with Gasteiger partial charge in [-0.25, -0.2) is 0 Å². The molecule has 1 amide bonds. The molecule has 1 aliphatic rings. The van der Waals surface area contributed by atoms with Crippen LogP contribution in [0.25, 0.3) is 0 Å². The van der Waals surface area contributed by atoms with Crippen LogP contribution in [0.3, 0.4) is 0 Å². The van der Waals surface area contributed by atoms with E-state index in [2.05, 4.69) is 17.2 Å². The third-order valence-corrected chi connectivity index (χ3v) is 3.74. The minimum absolute atomic E-state index is 0.0212. The fourth-order valence-corrected chi connectivity index (χ4v) is 2.60. The highest BCUT2D eigenvalue weighted by Gasteiger charge is 2.32. The number of carbonyl (C=O) groups is 1. The molecule has 0 saturated carbocycles. The Morgan fingerprint density at radius 1 is 1.52 bits per heavy atom. The molecule has 1 fully saturated rings. The number of aliphatic hydroxyl groups excluding tert-OH is 1. The second kappa shape index (κ2) is 7.26. The highest BCUT2D eigenvalue weighted by molar-refractivity contribution is 5.93. The van der Waals surface area contributed by atoms with E-state index in [1.54, 1.807) is 0 Å². The Hall–Kier alpha value is -1.83. The summed E-state index contributed by atoms with van der Waals surface area (Å²) in [6.45, 7) is 4.48. The topological polar surface area (TPSA) is 58.6 Å². The average molecular weight is 287 g/mol. The molecule has 0 radical (unpaired) electrons. The van der Waals surface area contributed by atoms with Crippen molar-refractivity contribution in [2.45, 2.75) is 32.8 Å². The van der Waals surface area contributed by atoms with Gasteiger partial charge < -0.3 is 15.2 Å². The summed E-state index contributed by atoms with van der Waals surface area (Å²) in [5.74, 6) is 5.46. The largest absolute Gasteiger partial charge is 0.384 e. The average Bonchev–Trinajstić information content (AvgIpc) is 2.95. The zero-order valence-corrected chi connectivity index (χ0v) is 12.5. The molecule has 1 saturated heterocycles. The van der Waals surface area contributed by atoms with E-state index in [1.807, 2.05) is 32.0 Å². The van der Waals surface area contributed by atoms with Crippen LogP contribution in [0.2, 0.25) is 0 Å². The molecule has 21 heavy (non-hydrogen) atoms. The lowest BCUT2D eigenvalue weighted by molar-refractivity contribution is -0.121. The zero-order chi connectivity index (χ0) is 15.2. The summed E-state index contributed by atoms with van der Waals surface area (Å²) in [7, 11) is 0. The van der Waals surface area contributed by atoms with E-state index in [0.717, 1.165) is 29.7 Å². The number of carbonyl (C=O) groups excluding carboxylic acids is 1. The first-order valence-electron chi connectivity index (χ1n) is 7.28. The number of nitrogens with one attached hydrogen (secondary N) is 1. The Labute approximate surface area is 125 Å². The second-order valence-electron chi connectivity index (χ2n) is 5.19. The third-order valence-electron chi connectivity index (χ3n) is 3.74. The molecular weight excluding hydrogens is 266 g/mol. The van der Waals surface area contributed by atoms with Gasteiger partial charge in [-0.05, 0) is 43.5 Å². The number of rotatable bonds is 3. The van der Waals surface area contributed by atoms with Gasteiger partial charge in [0.05, 0.1) is 12.0 Å². The molecule has 1 heterocycles. The van der Waals surface area contributed by atoms with Crippen LogP contribution in [-0.2, 0) is 9.53 Å².